The quantitative estimate of drug-likeness (QED) is 0.763. The van der Waals surface area contributed by atoms with Gasteiger partial charge in [0.1, 0.15) is 11.5 Å². The number of aryl methyl sites for hydroxylation is 1. The Morgan fingerprint density at radius 2 is 2.36 bits per heavy atom. The van der Waals surface area contributed by atoms with Gasteiger partial charge in [0.15, 0.2) is 0 Å². The summed E-state index contributed by atoms with van der Waals surface area (Å²) in [6.45, 7) is 2.80. The summed E-state index contributed by atoms with van der Waals surface area (Å²) in [6, 6.07) is 3.71. The summed E-state index contributed by atoms with van der Waals surface area (Å²) in [5.74, 6) is 0.482. The molecule has 0 aliphatic carbocycles. The summed E-state index contributed by atoms with van der Waals surface area (Å²) in [7, 11) is 0. The fourth-order valence-corrected chi connectivity index (χ4v) is 1.21. The summed E-state index contributed by atoms with van der Waals surface area (Å²) in [4.78, 5) is 3.99. The molecule has 0 fully saturated rings. The van der Waals surface area contributed by atoms with Crippen molar-refractivity contribution in [3.8, 4) is 11.3 Å². The highest BCUT2D eigenvalue weighted by molar-refractivity contribution is 5.69. The maximum Gasteiger partial charge on any atom is 0.132 e. The number of aromatic nitrogens is 4. The molecule has 2 aromatic rings. The van der Waals surface area contributed by atoms with E-state index in [0.29, 0.717) is 5.82 Å². The molecule has 0 unspecified atom stereocenters. The van der Waals surface area contributed by atoms with Crippen LogP contribution in [0.4, 0.5) is 5.82 Å². The van der Waals surface area contributed by atoms with E-state index in [1.54, 1.807) is 10.9 Å². The summed E-state index contributed by atoms with van der Waals surface area (Å²) in [6.07, 6.45) is 3.51. The molecule has 0 radical (unpaired) electrons. The third-order valence-corrected chi connectivity index (χ3v) is 1.98. The van der Waals surface area contributed by atoms with Gasteiger partial charge in [-0.1, -0.05) is 5.21 Å². The maximum absolute atomic E-state index is 5.72. The normalized spacial score (nSPS) is 10.4. The van der Waals surface area contributed by atoms with Crippen molar-refractivity contribution in [2.75, 3.05) is 5.73 Å². The summed E-state index contributed by atoms with van der Waals surface area (Å²) in [5.41, 5.74) is 7.30. The lowest BCUT2D eigenvalue weighted by molar-refractivity contribution is 0.627. The van der Waals surface area contributed by atoms with E-state index in [2.05, 4.69) is 15.3 Å². The SMILES string of the molecule is CCn1cc(-c2cccnc2N)nn1. The van der Waals surface area contributed by atoms with Crippen LogP contribution in [-0.2, 0) is 6.54 Å². The van der Waals surface area contributed by atoms with Gasteiger partial charge in [-0.3, -0.25) is 4.68 Å². The van der Waals surface area contributed by atoms with Crippen LogP contribution >= 0.6 is 0 Å². The molecular weight excluding hydrogens is 178 g/mol. The number of nitrogens with zero attached hydrogens (tertiary/aromatic N) is 4. The highest BCUT2D eigenvalue weighted by Gasteiger charge is 2.06. The largest absolute Gasteiger partial charge is 0.383 e. The molecule has 0 aliphatic heterocycles. The van der Waals surface area contributed by atoms with Crippen LogP contribution in [0.15, 0.2) is 24.5 Å². The molecule has 2 N–H and O–H groups in total. The van der Waals surface area contributed by atoms with Gasteiger partial charge in [-0.25, -0.2) is 4.98 Å². The monoisotopic (exact) mass is 189 g/mol. The lowest BCUT2D eigenvalue weighted by atomic mass is 10.2. The topological polar surface area (TPSA) is 69.6 Å². The fraction of sp³-hybridized carbons (Fsp3) is 0.222. The van der Waals surface area contributed by atoms with Crippen molar-refractivity contribution < 1.29 is 0 Å². The number of nitrogen functional groups attached to an aromatic ring is 1. The Morgan fingerprint density at radius 1 is 1.50 bits per heavy atom. The summed E-state index contributed by atoms with van der Waals surface area (Å²) in [5, 5.41) is 7.95. The molecule has 0 aromatic carbocycles. The second-order valence-corrected chi connectivity index (χ2v) is 2.90. The first-order valence-corrected chi connectivity index (χ1v) is 4.42. The van der Waals surface area contributed by atoms with E-state index in [-0.39, 0.29) is 0 Å². The first-order valence-electron chi connectivity index (χ1n) is 4.42. The van der Waals surface area contributed by atoms with Crippen molar-refractivity contribution in [3.05, 3.63) is 24.5 Å². The van der Waals surface area contributed by atoms with Gasteiger partial charge < -0.3 is 5.73 Å². The van der Waals surface area contributed by atoms with Crippen LogP contribution in [0.3, 0.4) is 0 Å². The zero-order chi connectivity index (χ0) is 9.97. The molecule has 0 bridgehead atoms. The summed E-state index contributed by atoms with van der Waals surface area (Å²) < 4.78 is 1.75. The van der Waals surface area contributed by atoms with Crippen molar-refractivity contribution >= 4 is 5.82 Å². The highest BCUT2D eigenvalue weighted by atomic mass is 15.4. The van der Waals surface area contributed by atoms with E-state index in [9.17, 15) is 0 Å². The smallest absolute Gasteiger partial charge is 0.132 e. The average Bonchev–Trinajstić information content (AvgIpc) is 2.67. The van der Waals surface area contributed by atoms with Crippen LogP contribution < -0.4 is 5.73 Å². The predicted octanol–water partition coefficient (Wildman–Crippen LogP) is 0.942. The molecule has 5 heteroatoms. The minimum atomic E-state index is 0.482. The Balaban J connectivity index is 2.44. The van der Waals surface area contributed by atoms with Gasteiger partial charge in [0.05, 0.1) is 6.20 Å². The lowest BCUT2D eigenvalue weighted by Gasteiger charge is -1.98. The standard InChI is InChI=1S/C9H11N5/c1-2-14-6-8(12-13-14)7-4-3-5-11-9(7)10/h3-6H,2H2,1H3,(H2,10,11). The molecule has 0 amide bonds. The van der Waals surface area contributed by atoms with E-state index < -0.39 is 0 Å². The lowest BCUT2D eigenvalue weighted by Crippen LogP contribution is -1.93. The Labute approximate surface area is 81.6 Å². The second kappa shape index (κ2) is 3.45. The number of anilines is 1. The fourth-order valence-electron chi connectivity index (χ4n) is 1.21. The van der Waals surface area contributed by atoms with Crippen LogP contribution in [0.25, 0.3) is 11.3 Å². The Morgan fingerprint density at radius 3 is 3.00 bits per heavy atom. The minimum Gasteiger partial charge on any atom is -0.383 e. The molecule has 0 saturated carbocycles. The van der Waals surface area contributed by atoms with Gasteiger partial charge >= 0.3 is 0 Å². The number of hydrogen-bond acceptors (Lipinski definition) is 4. The van der Waals surface area contributed by atoms with Crippen molar-refractivity contribution in [1.29, 1.82) is 0 Å². The number of hydrogen-bond donors (Lipinski definition) is 1. The van der Waals surface area contributed by atoms with Crippen molar-refractivity contribution in [1.82, 2.24) is 20.0 Å². The van der Waals surface area contributed by atoms with Crippen LogP contribution in [0.1, 0.15) is 6.92 Å². The van der Waals surface area contributed by atoms with Gasteiger partial charge in [-0.2, -0.15) is 0 Å². The molecule has 5 nitrogen and oxygen atoms in total. The number of rotatable bonds is 2. The molecule has 2 aromatic heterocycles. The van der Waals surface area contributed by atoms with E-state index in [4.69, 9.17) is 5.73 Å². The van der Waals surface area contributed by atoms with E-state index >= 15 is 0 Å². The zero-order valence-electron chi connectivity index (χ0n) is 7.88. The van der Waals surface area contributed by atoms with Crippen LogP contribution in [0, 0.1) is 0 Å². The Kier molecular flexibility index (Phi) is 2.14. The van der Waals surface area contributed by atoms with Gasteiger partial charge in [0, 0.05) is 18.3 Å². The predicted molar refractivity (Wildman–Crippen MR) is 53.3 cm³/mol. The average molecular weight is 189 g/mol. The van der Waals surface area contributed by atoms with E-state index in [1.807, 2.05) is 25.3 Å². The molecular formula is C9H11N5. The minimum absolute atomic E-state index is 0.482. The first-order chi connectivity index (χ1) is 6.81. The number of pyridine rings is 1. The molecule has 0 spiro atoms. The maximum atomic E-state index is 5.72. The molecule has 2 rings (SSSR count). The van der Waals surface area contributed by atoms with Gasteiger partial charge in [-0.05, 0) is 19.1 Å². The van der Waals surface area contributed by atoms with Gasteiger partial charge in [0.25, 0.3) is 0 Å². The van der Waals surface area contributed by atoms with Crippen LogP contribution in [0.2, 0.25) is 0 Å². The summed E-state index contributed by atoms with van der Waals surface area (Å²) >= 11 is 0. The molecule has 0 atom stereocenters. The van der Waals surface area contributed by atoms with Crippen molar-refractivity contribution in [2.45, 2.75) is 13.5 Å². The van der Waals surface area contributed by atoms with Crippen LogP contribution in [0.5, 0.6) is 0 Å². The van der Waals surface area contributed by atoms with E-state index in [1.165, 1.54) is 0 Å². The molecule has 14 heavy (non-hydrogen) atoms. The molecule has 0 saturated heterocycles. The molecule has 0 aliphatic rings. The molecule has 72 valence electrons. The Bertz CT molecular complexity index is 434. The van der Waals surface area contributed by atoms with Gasteiger partial charge in [0.2, 0.25) is 0 Å². The third kappa shape index (κ3) is 1.44. The second-order valence-electron chi connectivity index (χ2n) is 2.90. The highest BCUT2D eigenvalue weighted by Crippen LogP contribution is 2.20. The van der Waals surface area contributed by atoms with E-state index in [0.717, 1.165) is 17.8 Å². The zero-order valence-corrected chi connectivity index (χ0v) is 7.88. The Hall–Kier alpha value is -1.91. The van der Waals surface area contributed by atoms with Crippen molar-refractivity contribution in [2.24, 2.45) is 0 Å². The van der Waals surface area contributed by atoms with Crippen molar-refractivity contribution in [3.63, 3.8) is 0 Å². The molecule has 2 heterocycles. The van der Waals surface area contributed by atoms with Crippen LogP contribution in [-0.4, -0.2) is 20.0 Å². The first kappa shape index (κ1) is 8.68. The number of nitrogens with two attached hydrogens (primary N) is 1. The van der Waals surface area contributed by atoms with Gasteiger partial charge in [-0.15, -0.1) is 5.10 Å². The third-order valence-electron chi connectivity index (χ3n) is 1.98.